The van der Waals surface area contributed by atoms with Crippen molar-refractivity contribution in [3.8, 4) is 0 Å². The minimum absolute atomic E-state index is 0.0629. The van der Waals surface area contributed by atoms with E-state index in [1.54, 1.807) is 14.0 Å². The van der Waals surface area contributed by atoms with E-state index in [2.05, 4.69) is 15.4 Å². The predicted octanol–water partition coefficient (Wildman–Crippen LogP) is 0.842. The first kappa shape index (κ1) is 15.4. The number of nitrogens with zero attached hydrogens (tertiary/aromatic N) is 4. The first-order chi connectivity index (χ1) is 10.1. The number of aromatic nitrogens is 2. The summed E-state index contributed by atoms with van der Waals surface area (Å²) < 4.78 is 5.19. The summed E-state index contributed by atoms with van der Waals surface area (Å²) in [7, 11) is 1.66. The van der Waals surface area contributed by atoms with Gasteiger partial charge in [0.25, 0.3) is 0 Å². The van der Waals surface area contributed by atoms with Crippen LogP contribution >= 0.6 is 0 Å². The topological polar surface area (TPSA) is 119 Å². The fraction of sp³-hybridized carbons (Fsp3) is 0.667. The third kappa shape index (κ3) is 3.37. The summed E-state index contributed by atoms with van der Waals surface area (Å²) >= 11 is 0. The van der Waals surface area contributed by atoms with E-state index in [-0.39, 0.29) is 11.6 Å². The van der Waals surface area contributed by atoms with Crippen molar-refractivity contribution in [1.82, 2.24) is 9.97 Å². The summed E-state index contributed by atoms with van der Waals surface area (Å²) in [6, 6.07) is 0. The van der Waals surface area contributed by atoms with Gasteiger partial charge >= 0.3 is 5.69 Å². The average Bonchev–Trinajstić information content (AvgIpc) is 2.46. The van der Waals surface area contributed by atoms with Crippen LogP contribution in [-0.2, 0) is 4.74 Å². The number of rotatable bonds is 5. The normalized spacial score (nSPS) is 18.6. The zero-order chi connectivity index (χ0) is 15.4. The minimum atomic E-state index is -0.440. The Morgan fingerprint density at radius 1 is 1.57 bits per heavy atom. The van der Waals surface area contributed by atoms with Gasteiger partial charge in [-0.2, -0.15) is 4.98 Å². The van der Waals surface area contributed by atoms with Crippen LogP contribution in [0.3, 0.4) is 0 Å². The molecule has 116 valence electrons. The van der Waals surface area contributed by atoms with Gasteiger partial charge in [-0.3, -0.25) is 15.5 Å². The smallest absolute Gasteiger partial charge is 0.332 e. The second-order valence-electron chi connectivity index (χ2n) is 5.12. The maximum Gasteiger partial charge on any atom is 0.332 e. The van der Waals surface area contributed by atoms with Crippen LogP contribution in [0.5, 0.6) is 0 Å². The van der Waals surface area contributed by atoms with E-state index < -0.39 is 4.92 Å². The van der Waals surface area contributed by atoms with Crippen molar-refractivity contribution in [2.24, 2.45) is 11.8 Å². The molecule has 1 unspecified atom stereocenters. The van der Waals surface area contributed by atoms with Crippen molar-refractivity contribution in [1.29, 1.82) is 0 Å². The first-order valence-electron chi connectivity index (χ1n) is 6.80. The van der Waals surface area contributed by atoms with Crippen molar-refractivity contribution in [3.63, 3.8) is 0 Å². The number of ether oxygens (including phenoxy) is 1. The fourth-order valence-electron chi connectivity index (χ4n) is 2.68. The summed E-state index contributed by atoms with van der Waals surface area (Å²) in [4.78, 5) is 21.0. The summed E-state index contributed by atoms with van der Waals surface area (Å²) in [5.74, 6) is 6.18. The van der Waals surface area contributed by atoms with Crippen LogP contribution in [0, 0.1) is 23.0 Å². The number of hydrazine groups is 1. The van der Waals surface area contributed by atoms with E-state index in [0.717, 1.165) is 19.4 Å². The zero-order valence-corrected chi connectivity index (χ0v) is 12.2. The van der Waals surface area contributed by atoms with Crippen LogP contribution in [0.4, 0.5) is 17.5 Å². The number of nitrogen functional groups attached to an aromatic ring is 1. The van der Waals surface area contributed by atoms with Crippen molar-refractivity contribution < 1.29 is 9.66 Å². The van der Waals surface area contributed by atoms with Gasteiger partial charge in [-0.25, -0.2) is 10.8 Å². The Morgan fingerprint density at radius 3 is 2.95 bits per heavy atom. The highest BCUT2D eigenvalue weighted by Gasteiger charge is 2.29. The molecule has 3 N–H and O–H groups in total. The Balaban J connectivity index is 2.36. The molecule has 0 bridgehead atoms. The van der Waals surface area contributed by atoms with Crippen LogP contribution in [0.15, 0.2) is 0 Å². The number of hydrogen-bond acceptors (Lipinski definition) is 8. The molecule has 2 rings (SSSR count). The molecule has 0 aliphatic carbocycles. The monoisotopic (exact) mass is 296 g/mol. The quantitative estimate of drug-likeness (QED) is 0.466. The Morgan fingerprint density at radius 2 is 2.33 bits per heavy atom. The van der Waals surface area contributed by atoms with E-state index >= 15 is 0 Å². The third-order valence-electron chi connectivity index (χ3n) is 3.57. The second kappa shape index (κ2) is 6.64. The molecule has 0 amide bonds. The van der Waals surface area contributed by atoms with Gasteiger partial charge in [-0.05, 0) is 25.7 Å². The molecule has 1 atom stereocenters. The van der Waals surface area contributed by atoms with Gasteiger partial charge in [0.1, 0.15) is 5.69 Å². The predicted molar refractivity (Wildman–Crippen MR) is 78.0 cm³/mol. The zero-order valence-electron chi connectivity index (χ0n) is 12.2. The molecule has 1 fully saturated rings. The Kier molecular flexibility index (Phi) is 4.86. The molecule has 1 aliphatic heterocycles. The lowest BCUT2D eigenvalue weighted by Gasteiger charge is -2.33. The minimum Gasteiger partial charge on any atom is -0.384 e. The van der Waals surface area contributed by atoms with Crippen LogP contribution in [0.25, 0.3) is 0 Å². The summed E-state index contributed by atoms with van der Waals surface area (Å²) in [5, 5.41) is 11.3. The van der Waals surface area contributed by atoms with Crippen LogP contribution in [-0.4, -0.2) is 41.7 Å². The van der Waals surface area contributed by atoms with Crippen molar-refractivity contribution in [3.05, 3.63) is 15.8 Å². The van der Waals surface area contributed by atoms with Crippen molar-refractivity contribution in [2.45, 2.75) is 19.8 Å². The standard InChI is InChI=1S/C12H20N6O3/c1-8-10(18(19)20)11(15-12(14-8)16-13)17-5-3-4-9(6-17)7-21-2/h9H,3-7,13H2,1-2H3,(H,14,15,16). The van der Waals surface area contributed by atoms with Crippen LogP contribution in [0.2, 0.25) is 0 Å². The largest absolute Gasteiger partial charge is 0.384 e. The van der Waals surface area contributed by atoms with E-state index in [9.17, 15) is 10.1 Å². The molecule has 0 spiro atoms. The maximum absolute atomic E-state index is 11.3. The molecule has 1 aromatic heterocycles. The molecule has 1 aliphatic rings. The van der Waals surface area contributed by atoms with E-state index in [4.69, 9.17) is 10.6 Å². The highest BCUT2D eigenvalue weighted by molar-refractivity contribution is 5.62. The molecule has 21 heavy (non-hydrogen) atoms. The second-order valence-corrected chi connectivity index (χ2v) is 5.12. The lowest BCUT2D eigenvalue weighted by atomic mass is 9.99. The molecule has 0 aromatic carbocycles. The lowest BCUT2D eigenvalue weighted by Crippen LogP contribution is -2.38. The van der Waals surface area contributed by atoms with Gasteiger partial charge in [0.15, 0.2) is 0 Å². The molecule has 0 radical (unpaired) electrons. The number of piperidine rings is 1. The van der Waals surface area contributed by atoms with Gasteiger partial charge in [0, 0.05) is 20.2 Å². The molecule has 9 nitrogen and oxygen atoms in total. The number of nitrogens with one attached hydrogen (secondary N) is 1. The Bertz CT molecular complexity index is 522. The molecule has 9 heteroatoms. The molecule has 0 saturated carbocycles. The van der Waals surface area contributed by atoms with Crippen LogP contribution < -0.4 is 16.2 Å². The Hall–Kier alpha value is -2.00. The van der Waals surface area contributed by atoms with Crippen molar-refractivity contribution >= 4 is 17.5 Å². The molecule has 1 aromatic rings. The van der Waals surface area contributed by atoms with Crippen molar-refractivity contribution in [2.75, 3.05) is 37.1 Å². The molecule has 1 saturated heterocycles. The van der Waals surface area contributed by atoms with Gasteiger partial charge in [0.05, 0.1) is 11.5 Å². The maximum atomic E-state index is 11.3. The van der Waals surface area contributed by atoms with Gasteiger partial charge in [-0.15, -0.1) is 0 Å². The number of aryl methyl sites for hydroxylation is 1. The number of nitro groups is 1. The summed E-state index contributed by atoms with van der Waals surface area (Å²) in [6.07, 6.45) is 1.99. The van der Waals surface area contributed by atoms with E-state index in [1.165, 1.54) is 0 Å². The van der Waals surface area contributed by atoms with Gasteiger partial charge in [0.2, 0.25) is 11.8 Å². The Labute approximate surface area is 122 Å². The van der Waals surface area contributed by atoms with Gasteiger partial charge < -0.3 is 9.64 Å². The van der Waals surface area contributed by atoms with Crippen LogP contribution in [0.1, 0.15) is 18.5 Å². The number of nitrogens with two attached hydrogens (primary N) is 1. The van der Waals surface area contributed by atoms with E-state index in [0.29, 0.717) is 30.6 Å². The highest BCUT2D eigenvalue weighted by atomic mass is 16.6. The molecular weight excluding hydrogens is 276 g/mol. The molecular formula is C12H20N6O3. The molecule has 2 heterocycles. The lowest BCUT2D eigenvalue weighted by molar-refractivity contribution is -0.385. The summed E-state index contributed by atoms with van der Waals surface area (Å²) in [6.45, 7) is 3.62. The third-order valence-corrected chi connectivity index (χ3v) is 3.57. The fourth-order valence-corrected chi connectivity index (χ4v) is 2.68. The number of hydrogen-bond donors (Lipinski definition) is 2. The van der Waals surface area contributed by atoms with Gasteiger partial charge in [-0.1, -0.05) is 0 Å². The number of methoxy groups -OCH3 is 1. The summed E-state index contributed by atoms with van der Waals surface area (Å²) in [5.41, 5.74) is 2.59. The highest BCUT2D eigenvalue weighted by Crippen LogP contribution is 2.32. The van der Waals surface area contributed by atoms with E-state index in [1.807, 2.05) is 4.90 Å². The SMILES string of the molecule is COCC1CCCN(c2nc(NN)nc(C)c2[N+](=O)[O-])C1. The first-order valence-corrected chi connectivity index (χ1v) is 6.80. The number of anilines is 2. The average molecular weight is 296 g/mol.